The molecular weight excluding hydrogens is 237 g/mol. The third kappa shape index (κ3) is 19.6. The van der Waals surface area contributed by atoms with Gasteiger partial charge in [0, 0.05) is 6.42 Å². The molecule has 0 saturated carbocycles. The first kappa shape index (κ1) is 20.4. The molecule has 0 aromatic heterocycles. The summed E-state index contributed by atoms with van der Waals surface area (Å²) in [4.78, 5) is 10.5. The molecule has 0 radical (unpaired) electrons. The predicted molar refractivity (Wildman–Crippen MR) is 77.4 cm³/mol. The van der Waals surface area contributed by atoms with Crippen molar-refractivity contribution >= 4 is 57.3 Å². The quantitative estimate of drug-likeness (QED) is 0.427. The van der Waals surface area contributed by atoms with Gasteiger partial charge < -0.3 is 5.73 Å². The van der Waals surface area contributed by atoms with Crippen LogP contribution in [0.15, 0.2) is 0 Å². The molecule has 0 aliphatic heterocycles. The second-order valence-electron chi connectivity index (χ2n) is 4.75. The number of hydrogen-bond donors (Lipinski definition) is 1. The zero-order valence-electron chi connectivity index (χ0n) is 11.0. The summed E-state index contributed by atoms with van der Waals surface area (Å²) < 4.78 is 0. The third-order valence-corrected chi connectivity index (χ3v) is 3.03. The zero-order chi connectivity index (χ0) is 12.1. The normalized spacial score (nSPS) is 9.94. The molecule has 0 rings (SSSR count). The van der Waals surface area contributed by atoms with Crippen molar-refractivity contribution in [2.24, 2.45) is 5.73 Å². The van der Waals surface area contributed by atoms with Gasteiger partial charge >= 0.3 is 51.4 Å². The molecule has 0 saturated heterocycles. The molecule has 0 aliphatic rings. The Balaban J connectivity index is 0. The number of carbonyl (C=O) groups is 1. The fourth-order valence-electron chi connectivity index (χ4n) is 1.96. The second kappa shape index (κ2) is 17.1. The Bertz CT molecular complexity index is 162. The van der Waals surface area contributed by atoms with Gasteiger partial charge in [-0.15, -0.1) is 0 Å². The van der Waals surface area contributed by atoms with Gasteiger partial charge in [0.25, 0.3) is 0 Å². The monoisotopic (exact) mass is 267 g/mol. The van der Waals surface area contributed by atoms with Crippen LogP contribution in [0.1, 0.15) is 84.0 Å². The molecule has 0 fully saturated rings. The van der Waals surface area contributed by atoms with E-state index in [0.29, 0.717) is 6.42 Å². The maximum atomic E-state index is 10.5. The van der Waals surface area contributed by atoms with Gasteiger partial charge in [0.2, 0.25) is 5.91 Å². The molecule has 0 bridgehead atoms. The van der Waals surface area contributed by atoms with Crippen LogP contribution >= 0.6 is 0 Å². The number of unbranched alkanes of at least 4 members (excludes halogenated alkanes) is 10. The standard InChI is InChI=1S/C14H29NO.K.H/c1-2-3-4-5-6-7-8-9-10-11-12-13-14(15)16;;/h2-13H2,1H3,(H2,15,16);;. The first-order valence-corrected chi connectivity index (χ1v) is 7.05. The second-order valence-corrected chi connectivity index (χ2v) is 4.75. The first-order chi connectivity index (χ1) is 7.77. The molecule has 2 nitrogen and oxygen atoms in total. The van der Waals surface area contributed by atoms with E-state index in [2.05, 4.69) is 6.92 Å². The summed E-state index contributed by atoms with van der Waals surface area (Å²) in [5.74, 6) is -0.157. The molecular formula is C14H30KNO. The summed E-state index contributed by atoms with van der Waals surface area (Å²) in [7, 11) is 0. The Morgan fingerprint density at radius 1 is 0.765 bits per heavy atom. The molecule has 0 unspecified atom stereocenters. The molecule has 0 aliphatic carbocycles. The van der Waals surface area contributed by atoms with E-state index in [4.69, 9.17) is 5.73 Å². The van der Waals surface area contributed by atoms with Gasteiger partial charge in [0.1, 0.15) is 0 Å². The number of carbonyl (C=O) groups excluding carboxylic acids is 1. The zero-order valence-corrected chi connectivity index (χ0v) is 11.0. The maximum absolute atomic E-state index is 10.5. The Morgan fingerprint density at radius 3 is 1.47 bits per heavy atom. The van der Waals surface area contributed by atoms with Crippen molar-refractivity contribution < 1.29 is 4.79 Å². The van der Waals surface area contributed by atoms with Crippen LogP contribution in [0.25, 0.3) is 0 Å². The van der Waals surface area contributed by atoms with Crippen LogP contribution in [0.2, 0.25) is 0 Å². The van der Waals surface area contributed by atoms with Crippen molar-refractivity contribution in [3.63, 3.8) is 0 Å². The molecule has 0 spiro atoms. The fourth-order valence-corrected chi connectivity index (χ4v) is 1.96. The number of hydrogen-bond acceptors (Lipinski definition) is 1. The van der Waals surface area contributed by atoms with Crippen LogP contribution in [0.5, 0.6) is 0 Å². The van der Waals surface area contributed by atoms with Crippen LogP contribution in [0.3, 0.4) is 0 Å². The predicted octanol–water partition coefficient (Wildman–Crippen LogP) is 3.52. The van der Waals surface area contributed by atoms with Gasteiger partial charge in [-0.2, -0.15) is 0 Å². The minimum absolute atomic E-state index is 0. The van der Waals surface area contributed by atoms with E-state index in [1.807, 2.05) is 0 Å². The van der Waals surface area contributed by atoms with Crippen molar-refractivity contribution in [3.05, 3.63) is 0 Å². The topological polar surface area (TPSA) is 43.1 Å². The summed E-state index contributed by atoms with van der Waals surface area (Å²) in [6.07, 6.45) is 15.0. The van der Waals surface area contributed by atoms with Crippen molar-refractivity contribution in [3.8, 4) is 0 Å². The number of primary amides is 1. The molecule has 0 heterocycles. The average molecular weight is 267 g/mol. The van der Waals surface area contributed by atoms with E-state index >= 15 is 0 Å². The van der Waals surface area contributed by atoms with Crippen LogP contribution in [0, 0.1) is 0 Å². The van der Waals surface area contributed by atoms with Crippen LogP contribution in [-0.2, 0) is 4.79 Å². The van der Waals surface area contributed by atoms with Crippen molar-refractivity contribution in [1.29, 1.82) is 0 Å². The molecule has 17 heavy (non-hydrogen) atoms. The summed E-state index contributed by atoms with van der Waals surface area (Å²) in [5.41, 5.74) is 5.07. The van der Waals surface area contributed by atoms with Crippen LogP contribution < -0.4 is 5.73 Å². The number of amides is 1. The van der Waals surface area contributed by atoms with E-state index in [1.165, 1.54) is 64.2 Å². The minimum atomic E-state index is -0.157. The number of nitrogens with two attached hydrogens (primary N) is 1. The molecule has 2 N–H and O–H groups in total. The Hall–Kier alpha value is 1.11. The Kier molecular flexibility index (Phi) is 20.6. The van der Waals surface area contributed by atoms with E-state index in [-0.39, 0.29) is 57.3 Å². The average Bonchev–Trinajstić information content (AvgIpc) is 2.25. The Morgan fingerprint density at radius 2 is 1.12 bits per heavy atom. The van der Waals surface area contributed by atoms with E-state index in [0.717, 1.165) is 6.42 Å². The van der Waals surface area contributed by atoms with Gasteiger partial charge in [-0.25, -0.2) is 0 Å². The summed E-state index contributed by atoms with van der Waals surface area (Å²) >= 11 is 0. The SMILES string of the molecule is CCCCCCCCCCCCCC(N)=O.[KH]. The summed E-state index contributed by atoms with van der Waals surface area (Å²) in [6, 6.07) is 0. The van der Waals surface area contributed by atoms with E-state index in [9.17, 15) is 4.79 Å². The molecule has 0 aromatic carbocycles. The molecule has 0 atom stereocenters. The van der Waals surface area contributed by atoms with Crippen LogP contribution in [0.4, 0.5) is 0 Å². The Labute approximate surface area is 150 Å². The number of rotatable bonds is 12. The fraction of sp³-hybridized carbons (Fsp3) is 0.929. The van der Waals surface area contributed by atoms with Gasteiger partial charge in [-0.3, -0.25) is 4.79 Å². The van der Waals surface area contributed by atoms with E-state index < -0.39 is 0 Å². The van der Waals surface area contributed by atoms with Gasteiger partial charge in [0.05, 0.1) is 0 Å². The van der Waals surface area contributed by atoms with Crippen molar-refractivity contribution in [1.82, 2.24) is 0 Å². The first-order valence-electron chi connectivity index (χ1n) is 7.05. The van der Waals surface area contributed by atoms with Gasteiger partial charge in [-0.05, 0) is 6.42 Å². The molecule has 0 aromatic rings. The summed E-state index contributed by atoms with van der Waals surface area (Å²) in [5, 5.41) is 0. The van der Waals surface area contributed by atoms with Crippen molar-refractivity contribution in [2.75, 3.05) is 0 Å². The van der Waals surface area contributed by atoms with Crippen molar-refractivity contribution in [2.45, 2.75) is 84.0 Å². The molecule has 1 amide bonds. The molecule has 98 valence electrons. The van der Waals surface area contributed by atoms with Gasteiger partial charge in [-0.1, -0.05) is 71.1 Å². The third-order valence-electron chi connectivity index (χ3n) is 3.03. The molecule has 3 heteroatoms. The van der Waals surface area contributed by atoms with E-state index in [1.54, 1.807) is 0 Å². The summed E-state index contributed by atoms with van der Waals surface area (Å²) in [6.45, 7) is 2.26. The van der Waals surface area contributed by atoms with Crippen LogP contribution in [-0.4, -0.2) is 57.3 Å². The van der Waals surface area contributed by atoms with Gasteiger partial charge in [0.15, 0.2) is 0 Å².